The van der Waals surface area contributed by atoms with Gasteiger partial charge in [0.1, 0.15) is 18.2 Å². The largest absolute Gasteiger partial charge is 0.488 e. The summed E-state index contributed by atoms with van der Waals surface area (Å²) in [7, 11) is 1.79. The van der Waals surface area contributed by atoms with Gasteiger partial charge >= 0.3 is 0 Å². The normalized spacial score (nSPS) is 10.7. The number of para-hydroxylation sites is 1. The number of rotatable bonds is 5. The van der Waals surface area contributed by atoms with Crippen LogP contribution >= 0.6 is 0 Å². The summed E-state index contributed by atoms with van der Waals surface area (Å²) in [5.41, 5.74) is 9.13. The SMILES string of the molecule is CNc1nc(N)nc2nc(-c3ccccc3OCc3ccccc3)ccc12. The van der Waals surface area contributed by atoms with Crippen LogP contribution in [-0.2, 0) is 6.61 Å². The summed E-state index contributed by atoms with van der Waals surface area (Å²) < 4.78 is 6.05. The van der Waals surface area contributed by atoms with Crippen molar-refractivity contribution in [3.63, 3.8) is 0 Å². The van der Waals surface area contributed by atoms with Crippen molar-refractivity contribution in [3.05, 3.63) is 72.3 Å². The third kappa shape index (κ3) is 3.50. The molecule has 0 aliphatic rings. The topological polar surface area (TPSA) is 86.0 Å². The Labute approximate surface area is 157 Å². The zero-order valence-electron chi connectivity index (χ0n) is 14.9. The molecule has 0 bridgehead atoms. The number of fused-ring (bicyclic) bond motifs is 1. The Balaban J connectivity index is 1.71. The summed E-state index contributed by atoms with van der Waals surface area (Å²) in [6.45, 7) is 0.491. The molecular weight excluding hydrogens is 338 g/mol. The van der Waals surface area contributed by atoms with Gasteiger partial charge in [0.2, 0.25) is 5.95 Å². The van der Waals surface area contributed by atoms with Gasteiger partial charge in [0.25, 0.3) is 0 Å². The molecule has 27 heavy (non-hydrogen) atoms. The second-order valence-corrected chi connectivity index (χ2v) is 6.02. The molecule has 0 aliphatic heterocycles. The number of nitrogens with two attached hydrogens (primary N) is 1. The summed E-state index contributed by atoms with van der Waals surface area (Å²) in [4.78, 5) is 13.1. The van der Waals surface area contributed by atoms with Crippen molar-refractivity contribution in [2.75, 3.05) is 18.1 Å². The van der Waals surface area contributed by atoms with Gasteiger partial charge in [-0.3, -0.25) is 0 Å². The van der Waals surface area contributed by atoms with Crippen molar-refractivity contribution < 1.29 is 4.74 Å². The van der Waals surface area contributed by atoms with Crippen molar-refractivity contribution in [3.8, 4) is 17.0 Å². The van der Waals surface area contributed by atoms with Crippen LogP contribution in [0.25, 0.3) is 22.3 Å². The molecule has 0 amide bonds. The van der Waals surface area contributed by atoms with Gasteiger partial charge in [-0.2, -0.15) is 9.97 Å². The van der Waals surface area contributed by atoms with Gasteiger partial charge in [-0.05, 0) is 29.8 Å². The summed E-state index contributed by atoms with van der Waals surface area (Å²) >= 11 is 0. The second-order valence-electron chi connectivity index (χ2n) is 6.02. The highest BCUT2D eigenvalue weighted by atomic mass is 16.5. The predicted molar refractivity (Wildman–Crippen MR) is 108 cm³/mol. The number of pyridine rings is 1. The third-order valence-corrected chi connectivity index (χ3v) is 4.21. The standard InChI is InChI=1S/C21H19N5O/c1-23-19-16-11-12-17(24-20(16)26-21(22)25-19)15-9-5-6-10-18(15)27-13-14-7-3-2-4-8-14/h2-12H,13H2,1H3,(H3,22,23,24,25,26). The fourth-order valence-corrected chi connectivity index (χ4v) is 2.91. The first kappa shape index (κ1) is 16.8. The summed E-state index contributed by atoms with van der Waals surface area (Å²) in [6, 6.07) is 21.8. The number of anilines is 2. The smallest absolute Gasteiger partial charge is 0.224 e. The molecule has 0 atom stereocenters. The molecule has 0 spiro atoms. The van der Waals surface area contributed by atoms with Gasteiger partial charge in [-0.25, -0.2) is 4.98 Å². The molecule has 4 rings (SSSR count). The first-order valence-corrected chi connectivity index (χ1v) is 8.63. The number of ether oxygens (including phenoxy) is 1. The van der Waals surface area contributed by atoms with E-state index in [1.807, 2.05) is 66.7 Å². The Bertz CT molecular complexity index is 1080. The molecule has 0 aliphatic carbocycles. The van der Waals surface area contributed by atoms with E-state index in [-0.39, 0.29) is 5.95 Å². The van der Waals surface area contributed by atoms with Crippen LogP contribution in [0.1, 0.15) is 5.56 Å². The zero-order valence-corrected chi connectivity index (χ0v) is 14.9. The van der Waals surface area contributed by atoms with E-state index >= 15 is 0 Å². The zero-order chi connectivity index (χ0) is 18.6. The summed E-state index contributed by atoms with van der Waals surface area (Å²) in [5, 5.41) is 3.84. The average molecular weight is 357 g/mol. The van der Waals surface area contributed by atoms with E-state index in [0.717, 1.165) is 28.0 Å². The van der Waals surface area contributed by atoms with Crippen molar-refractivity contribution in [2.24, 2.45) is 0 Å². The molecule has 2 heterocycles. The number of hydrogen-bond donors (Lipinski definition) is 2. The Morgan fingerprint density at radius 1 is 0.889 bits per heavy atom. The molecule has 6 heteroatoms. The molecule has 6 nitrogen and oxygen atoms in total. The molecule has 2 aromatic carbocycles. The van der Waals surface area contributed by atoms with Crippen LogP contribution in [0.3, 0.4) is 0 Å². The minimum Gasteiger partial charge on any atom is -0.488 e. The van der Waals surface area contributed by atoms with E-state index in [1.165, 1.54) is 0 Å². The molecule has 134 valence electrons. The summed E-state index contributed by atoms with van der Waals surface area (Å²) in [5.74, 6) is 1.61. The number of aromatic nitrogens is 3. The van der Waals surface area contributed by atoms with Crippen LogP contribution in [0.4, 0.5) is 11.8 Å². The van der Waals surface area contributed by atoms with E-state index < -0.39 is 0 Å². The first-order valence-electron chi connectivity index (χ1n) is 8.63. The molecular formula is C21H19N5O. The van der Waals surface area contributed by atoms with Crippen LogP contribution in [0.2, 0.25) is 0 Å². The maximum Gasteiger partial charge on any atom is 0.224 e. The lowest BCUT2D eigenvalue weighted by Gasteiger charge is -2.12. The van der Waals surface area contributed by atoms with Gasteiger partial charge in [0, 0.05) is 12.6 Å². The number of benzene rings is 2. The average Bonchev–Trinajstić information content (AvgIpc) is 2.72. The lowest BCUT2D eigenvalue weighted by Crippen LogP contribution is -2.03. The van der Waals surface area contributed by atoms with Crippen molar-refractivity contribution >= 4 is 22.8 Å². The quantitative estimate of drug-likeness (QED) is 0.563. The molecule has 3 N–H and O–H groups in total. The lowest BCUT2D eigenvalue weighted by atomic mass is 10.1. The maximum atomic E-state index is 6.05. The van der Waals surface area contributed by atoms with Crippen molar-refractivity contribution in [1.82, 2.24) is 15.0 Å². The Kier molecular flexibility index (Phi) is 4.53. The summed E-state index contributed by atoms with van der Waals surface area (Å²) in [6.07, 6.45) is 0. The highest BCUT2D eigenvalue weighted by Crippen LogP contribution is 2.31. The van der Waals surface area contributed by atoms with Gasteiger partial charge in [0.05, 0.1) is 11.1 Å². The molecule has 0 saturated heterocycles. The van der Waals surface area contributed by atoms with Crippen LogP contribution < -0.4 is 15.8 Å². The van der Waals surface area contributed by atoms with Crippen molar-refractivity contribution in [2.45, 2.75) is 6.61 Å². The minimum atomic E-state index is 0.185. The minimum absolute atomic E-state index is 0.185. The van der Waals surface area contributed by atoms with Crippen LogP contribution in [0.15, 0.2) is 66.7 Å². The number of nitrogens with one attached hydrogen (secondary N) is 1. The van der Waals surface area contributed by atoms with E-state index in [9.17, 15) is 0 Å². The van der Waals surface area contributed by atoms with Gasteiger partial charge in [0.15, 0.2) is 5.65 Å². The van der Waals surface area contributed by atoms with E-state index in [0.29, 0.717) is 18.1 Å². The van der Waals surface area contributed by atoms with Gasteiger partial charge in [-0.15, -0.1) is 0 Å². The van der Waals surface area contributed by atoms with E-state index in [4.69, 9.17) is 10.5 Å². The Hall–Kier alpha value is -3.67. The number of nitrogen functional groups attached to an aromatic ring is 1. The van der Waals surface area contributed by atoms with Crippen LogP contribution in [0, 0.1) is 0 Å². The third-order valence-electron chi connectivity index (χ3n) is 4.21. The lowest BCUT2D eigenvalue weighted by molar-refractivity contribution is 0.307. The number of nitrogens with zero attached hydrogens (tertiary/aromatic N) is 3. The highest BCUT2D eigenvalue weighted by Gasteiger charge is 2.11. The van der Waals surface area contributed by atoms with Crippen molar-refractivity contribution in [1.29, 1.82) is 0 Å². The van der Waals surface area contributed by atoms with Gasteiger partial charge in [-0.1, -0.05) is 42.5 Å². The molecule has 0 radical (unpaired) electrons. The molecule has 0 unspecified atom stereocenters. The number of hydrogen-bond acceptors (Lipinski definition) is 6. The fraction of sp³-hybridized carbons (Fsp3) is 0.0952. The molecule has 4 aromatic rings. The Morgan fingerprint density at radius 2 is 1.67 bits per heavy atom. The fourth-order valence-electron chi connectivity index (χ4n) is 2.91. The van der Waals surface area contributed by atoms with E-state index in [2.05, 4.69) is 20.3 Å². The Morgan fingerprint density at radius 3 is 2.48 bits per heavy atom. The monoisotopic (exact) mass is 357 g/mol. The second kappa shape index (κ2) is 7.29. The van der Waals surface area contributed by atoms with Crippen LogP contribution in [-0.4, -0.2) is 22.0 Å². The van der Waals surface area contributed by atoms with Gasteiger partial charge < -0.3 is 15.8 Å². The van der Waals surface area contributed by atoms with E-state index in [1.54, 1.807) is 7.05 Å². The maximum absolute atomic E-state index is 6.05. The highest BCUT2D eigenvalue weighted by molar-refractivity contribution is 5.89. The molecule has 0 fully saturated rings. The molecule has 2 aromatic heterocycles. The van der Waals surface area contributed by atoms with Crippen LogP contribution in [0.5, 0.6) is 5.75 Å². The first-order chi connectivity index (χ1) is 13.2. The predicted octanol–water partition coefficient (Wildman–Crippen LogP) is 3.89. The molecule has 0 saturated carbocycles.